The van der Waals surface area contributed by atoms with E-state index < -0.39 is 0 Å². The van der Waals surface area contributed by atoms with Gasteiger partial charge in [-0.15, -0.1) is 34.9 Å². The first-order valence-electron chi connectivity index (χ1n) is 14.6. The topological polar surface area (TPSA) is 74.0 Å². The Hall–Kier alpha value is -3.32. The Morgan fingerprint density at radius 3 is 2.10 bits per heavy atom. The number of aryl methyl sites for hydroxylation is 2. The summed E-state index contributed by atoms with van der Waals surface area (Å²) >= 11 is 0. The van der Waals surface area contributed by atoms with Gasteiger partial charge in [0.1, 0.15) is 5.76 Å². The minimum Gasteiger partial charge on any atom is -0.512 e. The van der Waals surface area contributed by atoms with Gasteiger partial charge in [0.25, 0.3) is 0 Å². The molecule has 0 amide bonds. The standard InChI is InChI=1S/C22H15N2.C15H28O2.Ir/c1-14-9-15(2)11-18(10-14)22-21-6-4-17-12-16(13-23)3-5-19(17)20(21)7-8-24-22;1-7-14(5,8-2)12(16)11-13(17)15(6,9-3)10-4;/h3-10,12H,1-2H3;11,16H,7-10H2,1-6H3;/q-1;;/b;12-11-;. The predicted octanol–water partition coefficient (Wildman–Crippen LogP) is 9.99. The van der Waals surface area contributed by atoms with E-state index in [2.05, 4.69) is 55.2 Å². The van der Waals surface area contributed by atoms with Crippen molar-refractivity contribution in [3.8, 4) is 17.3 Å². The Kier molecular flexibility index (Phi) is 12.2. The minimum atomic E-state index is -0.337. The summed E-state index contributed by atoms with van der Waals surface area (Å²) in [5.74, 6) is 0.286. The van der Waals surface area contributed by atoms with Gasteiger partial charge in [0.2, 0.25) is 0 Å². The second-order valence-electron chi connectivity index (χ2n) is 11.6. The average molecular weight is 740 g/mol. The molecular weight excluding hydrogens is 697 g/mol. The molecule has 0 unspecified atom stereocenters. The van der Waals surface area contributed by atoms with Gasteiger partial charge >= 0.3 is 0 Å². The van der Waals surface area contributed by atoms with E-state index in [1.54, 1.807) is 0 Å². The van der Waals surface area contributed by atoms with E-state index in [1.165, 1.54) is 11.6 Å². The van der Waals surface area contributed by atoms with Crippen LogP contribution in [0, 0.1) is 42.1 Å². The summed E-state index contributed by atoms with van der Waals surface area (Å²) in [6.45, 7) is 16.2. The third kappa shape index (κ3) is 7.54. The molecule has 4 aromatic rings. The number of aliphatic hydroxyl groups is 1. The number of allylic oxidation sites excluding steroid dienone is 2. The molecule has 4 rings (SSSR count). The van der Waals surface area contributed by atoms with Gasteiger partial charge in [-0.25, -0.2) is 0 Å². The summed E-state index contributed by atoms with van der Waals surface area (Å²) in [5.41, 5.74) is 4.37. The van der Waals surface area contributed by atoms with E-state index in [9.17, 15) is 9.90 Å². The van der Waals surface area contributed by atoms with Crippen molar-refractivity contribution >= 4 is 27.3 Å². The van der Waals surface area contributed by atoms with Gasteiger partial charge in [-0.3, -0.25) is 4.79 Å². The molecule has 4 nitrogen and oxygen atoms in total. The molecule has 0 atom stereocenters. The number of hydrogen-bond acceptors (Lipinski definition) is 4. The maximum absolute atomic E-state index is 12.2. The maximum atomic E-state index is 12.2. The maximum Gasteiger partial charge on any atom is 0.164 e. The van der Waals surface area contributed by atoms with Crippen molar-refractivity contribution in [3.63, 3.8) is 0 Å². The molecule has 0 aliphatic rings. The van der Waals surface area contributed by atoms with Crippen molar-refractivity contribution < 1.29 is 30.0 Å². The van der Waals surface area contributed by atoms with Crippen molar-refractivity contribution in [2.75, 3.05) is 0 Å². The molecule has 1 aromatic heterocycles. The second kappa shape index (κ2) is 14.7. The second-order valence-corrected chi connectivity index (χ2v) is 11.6. The average Bonchev–Trinajstić information content (AvgIpc) is 2.99. The first-order chi connectivity index (χ1) is 19.4. The fraction of sp³-hybridized carbons (Fsp3) is 0.378. The number of aromatic nitrogens is 1. The fourth-order valence-corrected chi connectivity index (χ4v) is 4.99. The van der Waals surface area contributed by atoms with Gasteiger partial charge in [-0.2, -0.15) is 5.26 Å². The van der Waals surface area contributed by atoms with Crippen LogP contribution >= 0.6 is 0 Å². The van der Waals surface area contributed by atoms with Crippen LogP contribution in [-0.4, -0.2) is 15.9 Å². The zero-order valence-corrected chi connectivity index (χ0v) is 28.6. The van der Waals surface area contributed by atoms with Crippen LogP contribution in [0.4, 0.5) is 0 Å². The fourth-order valence-electron chi connectivity index (χ4n) is 4.99. The van der Waals surface area contributed by atoms with E-state index in [1.807, 2.05) is 72.0 Å². The number of aliphatic hydroxyl groups excluding tert-OH is 1. The van der Waals surface area contributed by atoms with E-state index >= 15 is 0 Å². The van der Waals surface area contributed by atoms with Gasteiger partial charge < -0.3 is 10.1 Å². The molecule has 0 saturated carbocycles. The van der Waals surface area contributed by atoms with Crippen molar-refractivity contribution in [3.05, 3.63) is 89.3 Å². The van der Waals surface area contributed by atoms with Crippen molar-refractivity contribution in [2.45, 2.75) is 81.1 Å². The summed E-state index contributed by atoms with van der Waals surface area (Å²) in [6, 6.07) is 21.9. The Morgan fingerprint density at radius 1 is 0.905 bits per heavy atom. The third-order valence-electron chi connectivity index (χ3n) is 8.90. The quantitative estimate of drug-likeness (QED) is 0.0845. The Balaban J connectivity index is 0.000000307. The van der Waals surface area contributed by atoms with Crippen molar-refractivity contribution in [1.82, 2.24) is 4.98 Å². The van der Waals surface area contributed by atoms with E-state index in [0.29, 0.717) is 5.56 Å². The molecule has 0 bridgehead atoms. The third-order valence-corrected chi connectivity index (χ3v) is 8.90. The molecule has 0 aliphatic heterocycles. The molecule has 5 heteroatoms. The normalized spacial score (nSPS) is 11.8. The number of carbonyl (C=O) groups excluding carboxylic acids is 1. The largest absolute Gasteiger partial charge is 0.512 e. The first-order valence-corrected chi connectivity index (χ1v) is 14.6. The van der Waals surface area contributed by atoms with Crippen molar-refractivity contribution in [1.29, 1.82) is 5.26 Å². The molecule has 1 radical (unpaired) electrons. The number of fused-ring (bicyclic) bond motifs is 3. The summed E-state index contributed by atoms with van der Waals surface area (Å²) in [4.78, 5) is 16.8. The van der Waals surface area contributed by atoms with Crippen LogP contribution < -0.4 is 0 Å². The van der Waals surface area contributed by atoms with Crippen LogP contribution in [0.3, 0.4) is 0 Å². The number of benzene rings is 3. The van der Waals surface area contributed by atoms with Crippen LogP contribution in [0.5, 0.6) is 0 Å². The van der Waals surface area contributed by atoms with Crippen LogP contribution in [0.15, 0.2) is 66.6 Å². The zero-order chi connectivity index (χ0) is 30.4. The Bertz CT molecular complexity index is 1600. The molecular formula is C37H43IrN2O2-. The molecule has 0 fully saturated rings. The molecule has 1 N–H and O–H groups in total. The summed E-state index contributed by atoms with van der Waals surface area (Å²) in [6.07, 6.45) is 6.60. The summed E-state index contributed by atoms with van der Waals surface area (Å²) in [7, 11) is 0. The van der Waals surface area contributed by atoms with Gasteiger partial charge in [-0.1, -0.05) is 73.6 Å². The molecule has 0 saturated heterocycles. The first kappa shape index (κ1) is 34.9. The van der Waals surface area contributed by atoms with Crippen LogP contribution in [-0.2, 0) is 24.9 Å². The van der Waals surface area contributed by atoms with Crippen molar-refractivity contribution in [2.24, 2.45) is 10.8 Å². The number of hydrogen-bond donors (Lipinski definition) is 1. The predicted molar refractivity (Wildman–Crippen MR) is 171 cm³/mol. The molecule has 3 aromatic carbocycles. The number of ketones is 1. The molecule has 0 spiro atoms. The molecule has 0 aliphatic carbocycles. The number of nitrogens with zero attached hydrogens (tertiary/aromatic N) is 2. The molecule has 223 valence electrons. The van der Waals surface area contributed by atoms with Crippen LogP contribution in [0.25, 0.3) is 32.8 Å². The number of carbonyl (C=O) groups is 1. The van der Waals surface area contributed by atoms with E-state index in [0.717, 1.165) is 64.0 Å². The zero-order valence-electron chi connectivity index (χ0n) is 26.2. The minimum absolute atomic E-state index is 0. The monoisotopic (exact) mass is 740 g/mol. The smallest absolute Gasteiger partial charge is 0.164 e. The number of rotatable bonds is 8. The molecule has 42 heavy (non-hydrogen) atoms. The Morgan fingerprint density at radius 2 is 1.52 bits per heavy atom. The SMILES string of the molecule is CCC(C)(CC)C(=O)/C=C(\O)C(C)(CC)CC.Cc1[c-]c(-c2nccc3c2ccc2cc(C#N)ccc23)cc(C)c1.[Ir]. The van der Waals surface area contributed by atoms with Gasteiger partial charge in [-0.05, 0) is 71.1 Å². The summed E-state index contributed by atoms with van der Waals surface area (Å²) < 4.78 is 0. The van der Waals surface area contributed by atoms with Crippen LogP contribution in [0.2, 0.25) is 0 Å². The number of pyridine rings is 1. The van der Waals surface area contributed by atoms with E-state index in [-0.39, 0.29) is 42.5 Å². The molecule has 1 heterocycles. The summed E-state index contributed by atoms with van der Waals surface area (Å²) in [5, 5.41) is 23.7. The van der Waals surface area contributed by atoms with Gasteiger partial charge in [0.15, 0.2) is 5.78 Å². The van der Waals surface area contributed by atoms with Gasteiger partial charge in [0.05, 0.1) is 11.6 Å². The van der Waals surface area contributed by atoms with E-state index in [4.69, 9.17) is 5.26 Å². The van der Waals surface area contributed by atoms with Crippen LogP contribution in [0.1, 0.15) is 83.9 Å². The van der Waals surface area contributed by atoms with Gasteiger partial charge in [0, 0.05) is 43.2 Å². The number of nitriles is 1. The Labute approximate surface area is 265 Å².